The zero-order valence-corrected chi connectivity index (χ0v) is 15.0. The summed E-state index contributed by atoms with van der Waals surface area (Å²) in [5, 5.41) is 2.46. The lowest BCUT2D eigenvalue weighted by Gasteiger charge is -2.28. The molecule has 0 saturated carbocycles. The first kappa shape index (κ1) is 20.5. The van der Waals surface area contributed by atoms with Crippen LogP contribution < -0.4 is 10.2 Å². The van der Waals surface area contributed by atoms with E-state index in [1.165, 1.54) is 0 Å². The maximum absolute atomic E-state index is 12.8. The fourth-order valence-electron chi connectivity index (χ4n) is 2.99. The maximum Gasteiger partial charge on any atom is 0.416 e. The Morgan fingerprint density at radius 1 is 1.38 bits per heavy atom. The molecule has 0 spiro atoms. The van der Waals surface area contributed by atoms with E-state index in [9.17, 15) is 22.8 Å². The number of esters is 1. The molecule has 9 heteroatoms. The first-order valence-corrected chi connectivity index (χ1v) is 8.75. The minimum Gasteiger partial charge on any atom is -0.466 e. The molecule has 1 heterocycles. The number of anilines is 1. The number of halogens is 4. The molecule has 0 radical (unpaired) electrons. The molecular weight excluding hydrogens is 373 g/mol. The van der Waals surface area contributed by atoms with Crippen molar-refractivity contribution in [3.63, 3.8) is 0 Å². The Kier molecular flexibility index (Phi) is 6.88. The number of amides is 1. The molecule has 1 aromatic carbocycles. The number of hydrogen-bond acceptors (Lipinski definition) is 3. The van der Waals surface area contributed by atoms with Gasteiger partial charge < -0.3 is 15.0 Å². The van der Waals surface area contributed by atoms with E-state index in [1.54, 1.807) is 6.92 Å². The molecule has 0 aliphatic carbocycles. The van der Waals surface area contributed by atoms with Crippen LogP contribution in [-0.2, 0) is 20.5 Å². The summed E-state index contributed by atoms with van der Waals surface area (Å²) in [5.74, 6) is -0.986. The number of alkyl halides is 3. The summed E-state index contributed by atoms with van der Waals surface area (Å²) in [5.41, 5.74) is -0.963. The zero-order valence-electron chi connectivity index (χ0n) is 14.3. The van der Waals surface area contributed by atoms with Crippen LogP contribution in [0.4, 0.5) is 18.9 Å². The van der Waals surface area contributed by atoms with E-state index in [0.29, 0.717) is 26.1 Å². The molecule has 5 nitrogen and oxygen atoms in total. The van der Waals surface area contributed by atoms with Crippen molar-refractivity contribution in [1.82, 2.24) is 0 Å². The van der Waals surface area contributed by atoms with Crippen LogP contribution in [0.1, 0.15) is 25.3 Å². The van der Waals surface area contributed by atoms with E-state index in [2.05, 4.69) is 5.32 Å². The van der Waals surface area contributed by atoms with Gasteiger partial charge in [-0.05, 0) is 38.0 Å². The minimum atomic E-state index is -4.52. The van der Waals surface area contributed by atoms with Gasteiger partial charge in [0.1, 0.15) is 5.92 Å². The van der Waals surface area contributed by atoms with Crippen LogP contribution in [0.3, 0.4) is 0 Å². The van der Waals surface area contributed by atoms with Gasteiger partial charge in [0.05, 0.1) is 36.0 Å². The molecule has 1 aliphatic heterocycles. The van der Waals surface area contributed by atoms with E-state index in [4.69, 9.17) is 16.3 Å². The lowest BCUT2D eigenvalue weighted by Crippen LogP contribution is -3.14. The molecule has 26 heavy (non-hydrogen) atoms. The third kappa shape index (κ3) is 5.60. The first-order valence-electron chi connectivity index (χ1n) is 8.37. The summed E-state index contributed by atoms with van der Waals surface area (Å²) in [6.45, 7) is 3.25. The average molecular weight is 394 g/mol. The average Bonchev–Trinajstić information content (AvgIpc) is 2.56. The Morgan fingerprint density at radius 3 is 2.77 bits per heavy atom. The van der Waals surface area contributed by atoms with Crippen LogP contribution >= 0.6 is 11.6 Å². The molecule has 2 N–H and O–H groups in total. The Labute approximate surface area is 154 Å². The number of likely N-dealkylation sites (tertiary alicyclic amines) is 1. The molecule has 1 aliphatic rings. The first-order chi connectivity index (χ1) is 12.2. The monoisotopic (exact) mass is 393 g/mol. The topological polar surface area (TPSA) is 59.8 Å². The van der Waals surface area contributed by atoms with Gasteiger partial charge in [-0.25, -0.2) is 0 Å². The summed E-state index contributed by atoms with van der Waals surface area (Å²) in [6, 6.07) is 2.77. The fraction of sp³-hybridized carbons (Fsp3) is 0.529. The Morgan fingerprint density at radius 2 is 2.12 bits per heavy atom. The lowest BCUT2D eigenvalue weighted by atomic mass is 9.98. The van der Waals surface area contributed by atoms with Gasteiger partial charge in [0.15, 0.2) is 6.54 Å². The van der Waals surface area contributed by atoms with Crippen molar-refractivity contribution < 1.29 is 32.4 Å². The summed E-state index contributed by atoms with van der Waals surface area (Å²) in [6.07, 6.45) is -3.03. The van der Waals surface area contributed by atoms with Crippen LogP contribution in [0.15, 0.2) is 18.2 Å². The smallest absolute Gasteiger partial charge is 0.416 e. The minimum absolute atomic E-state index is 0.0318. The van der Waals surface area contributed by atoms with Gasteiger partial charge in [-0.2, -0.15) is 13.2 Å². The van der Waals surface area contributed by atoms with Gasteiger partial charge in [0.2, 0.25) is 0 Å². The van der Waals surface area contributed by atoms with Gasteiger partial charge in [-0.15, -0.1) is 0 Å². The number of carbonyl (C=O) groups is 2. The number of nitrogens with one attached hydrogen (secondary N) is 2. The van der Waals surface area contributed by atoms with Gasteiger partial charge in [-0.1, -0.05) is 11.6 Å². The second-order valence-electron chi connectivity index (χ2n) is 6.21. The maximum atomic E-state index is 12.8. The summed E-state index contributed by atoms with van der Waals surface area (Å²) in [7, 11) is 0. The van der Waals surface area contributed by atoms with Crippen molar-refractivity contribution in [2.45, 2.75) is 25.9 Å². The third-order valence-electron chi connectivity index (χ3n) is 4.22. The van der Waals surface area contributed by atoms with Crippen molar-refractivity contribution >= 4 is 29.2 Å². The molecule has 1 amide bonds. The molecule has 2 atom stereocenters. The fourth-order valence-corrected chi connectivity index (χ4v) is 3.16. The van der Waals surface area contributed by atoms with Crippen LogP contribution in [0.25, 0.3) is 0 Å². The molecular formula is C17H21ClF3N2O3+. The molecule has 1 aromatic rings. The number of carbonyl (C=O) groups excluding carboxylic acids is 2. The molecule has 0 aromatic heterocycles. The molecule has 1 unspecified atom stereocenters. The van der Waals surface area contributed by atoms with Gasteiger partial charge >= 0.3 is 12.1 Å². The van der Waals surface area contributed by atoms with Gasteiger partial charge in [0, 0.05) is 0 Å². The molecule has 144 valence electrons. The van der Waals surface area contributed by atoms with Crippen LogP contribution in [0.5, 0.6) is 0 Å². The highest BCUT2D eigenvalue weighted by Crippen LogP contribution is 2.33. The summed E-state index contributed by atoms with van der Waals surface area (Å²) >= 11 is 5.88. The standard InChI is InChI=1S/C17H20ClF3N2O3/c1-2-26-16(25)11-4-3-7-23(9-11)10-15(24)22-14-8-12(17(19,20)21)5-6-13(14)18/h5-6,8,11H,2-4,7,9-10H2,1H3,(H,22,24)/p+1/t11-/m0/s1. The Balaban J connectivity index is 1.97. The summed E-state index contributed by atoms with van der Waals surface area (Å²) in [4.78, 5) is 24.9. The van der Waals surface area contributed by atoms with E-state index >= 15 is 0 Å². The number of benzene rings is 1. The van der Waals surface area contributed by atoms with Crippen molar-refractivity contribution in [3.05, 3.63) is 28.8 Å². The molecule has 0 bridgehead atoms. The molecule has 2 rings (SSSR count). The van der Waals surface area contributed by atoms with Crippen molar-refractivity contribution in [2.24, 2.45) is 5.92 Å². The highest BCUT2D eigenvalue weighted by atomic mass is 35.5. The zero-order chi connectivity index (χ0) is 19.3. The van der Waals surface area contributed by atoms with E-state index in [0.717, 1.165) is 29.5 Å². The largest absolute Gasteiger partial charge is 0.466 e. The number of quaternary nitrogens is 1. The van der Waals surface area contributed by atoms with Crippen LogP contribution in [-0.4, -0.2) is 38.1 Å². The Hall–Kier alpha value is -1.80. The van der Waals surface area contributed by atoms with E-state index in [1.807, 2.05) is 0 Å². The van der Waals surface area contributed by atoms with E-state index in [-0.39, 0.29) is 29.1 Å². The normalized spacial score (nSPS) is 20.5. The van der Waals surface area contributed by atoms with Crippen molar-refractivity contribution in [2.75, 3.05) is 31.6 Å². The molecule has 1 fully saturated rings. The van der Waals surface area contributed by atoms with Crippen molar-refractivity contribution in [3.8, 4) is 0 Å². The quantitative estimate of drug-likeness (QED) is 0.754. The highest BCUT2D eigenvalue weighted by Gasteiger charge is 2.32. The predicted octanol–water partition coefficient (Wildman–Crippen LogP) is 2.16. The number of ether oxygens (including phenoxy) is 1. The summed E-state index contributed by atoms with van der Waals surface area (Å²) < 4.78 is 43.4. The number of hydrogen-bond donors (Lipinski definition) is 2. The predicted molar refractivity (Wildman–Crippen MR) is 90.0 cm³/mol. The second-order valence-corrected chi connectivity index (χ2v) is 6.62. The van der Waals surface area contributed by atoms with Crippen molar-refractivity contribution in [1.29, 1.82) is 0 Å². The SMILES string of the molecule is CCOC(=O)[C@H]1CCC[NH+](CC(=O)Nc2cc(C(F)(F)F)ccc2Cl)C1. The van der Waals surface area contributed by atoms with E-state index < -0.39 is 17.6 Å². The third-order valence-corrected chi connectivity index (χ3v) is 4.55. The highest BCUT2D eigenvalue weighted by molar-refractivity contribution is 6.33. The van der Waals surface area contributed by atoms with Crippen LogP contribution in [0, 0.1) is 5.92 Å². The van der Waals surface area contributed by atoms with Gasteiger partial charge in [0.25, 0.3) is 5.91 Å². The Bertz CT molecular complexity index is 667. The lowest BCUT2D eigenvalue weighted by molar-refractivity contribution is -0.899. The van der Waals surface area contributed by atoms with Crippen LogP contribution in [0.2, 0.25) is 5.02 Å². The molecule has 1 saturated heterocycles. The number of piperidine rings is 1. The second kappa shape index (κ2) is 8.73. The number of rotatable bonds is 5. The van der Waals surface area contributed by atoms with Gasteiger partial charge in [-0.3, -0.25) is 9.59 Å².